The normalized spacial score (nSPS) is 22.6. The molecule has 0 aliphatic carbocycles. The molecule has 22 heavy (non-hydrogen) atoms. The topological polar surface area (TPSA) is 57.6 Å². The van der Waals surface area contributed by atoms with E-state index < -0.39 is 11.9 Å². The Kier molecular flexibility index (Phi) is 5.21. The minimum atomic E-state index is -0.849. The number of amides is 1. The number of carbonyl (C=O) groups excluding carboxylic acids is 1. The summed E-state index contributed by atoms with van der Waals surface area (Å²) in [7, 11) is 0. The van der Waals surface area contributed by atoms with E-state index in [0.717, 1.165) is 5.56 Å². The molecule has 1 aromatic rings. The summed E-state index contributed by atoms with van der Waals surface area (Å²) in [6, 6.07) is 4.71. The van der Waals surface area contributed by atoms with E-state index in [2.05, 4.69) is 15.9 Å². The standard InChI is InChI=1S/C16H19BrFNO3/c1-9(5-11-3-4-14(18)13(17)6-11)15(20)19-7-10(2)12(8-19)16(21)22/h3-4,6,9-10,12H,5,7-8H2,1-2H3,(H,21,22)/t9?,10-,12-/m1/s1. The first kappa shape index (κ1) is 16.9. The van der Waals surface area contributed by atoms with Crippen molar-refractivity contribution in [3.8, 4) is 0 Å². The van der Waals surface area contributed by atoms with Crippen molar-refractivity contribution >= 4 is 27.8 Å². The van der Waals surface area contributed by atoms with Gasteiger partial charge >= 0.3 is 5.97 Å². The molecule has 1 unspecified atom stereocenters. The molecule has 120 valence electrons. The molecule has 0 radical (unpaired) electrons. The smallest absolute Gasteiger partial charge is 0.308 e. The van der Waals surface area contributed by atoms with Crippen molar-refractivity contribution in [1.82, 2.24) is 4.90 Å². The van der Waals surface area contributed by atoms with Crippen LogP contribution < -0.4 is 0 Å². The van der Waals surface area contributed by atoms with E-state index in [9.17, 15) is 14.0 Å². The van der Waals surface area contributed by atoms with Crippen LogP contribution in [-0.4, -0.2) is 35.0 Å². The van der Waals surface area contributed by atoms with Crippen molar-refractivity contribution in [2.45, 2.75) is 20.3 Å². The summed E-state index contributed by atoms with van der Waals surface area (Å²) in [5.74, 6) is -2.02. The minimum absolute atomic E-state index is 0.0337. The average Bonchev–Trinajstić information content (AvgIpc) is 2.84. The number of halogens is 2. The molecule has 6 heteroatoms. The number of likely N-dealkylation sites (tertiary alicyclic amines) is 1. The Morgan fingerprint density at radius 2 is 2.14 bits per heavy atom. The van der Waals surface area contributed by atoms with Crippen molar-refractivity contribution in [2.75, 3.05) is 13.1 Å². The summed E-state index contributed by atoms with van der Waals surface area (Å²) in [6.45, 7) is 4.42. The summed E-state index contributed by atoms with van der Waals surface area (Å²) in [6.07, 6.45) is 0.500. The Morgan fingerprint density at radius 1 is 1.45 bits per heavy atom. The second-order valence-corrected chi connectivity index (χ2v) is 6.87. The van der Waals surface area contributed by atoms with Gasteiger partial charge in [-0.05, 0) is 46.0 Å². The zero-order valence-electron chi connectivity index (χ0n) is 12.6. The summed E-state index contributed by atoms with van der Waals surface area (Å²) in [5, 5.41) is 9.13. The maximum atomic E-state index is 13.2. The fourth-order valence-corrected chi connectivity index (χ4v) is 3.31. The van der Waals surface area contributed by atoms with Gasteiger partial charge in [-0.3, -0.25) is 9.59 Å². The van der Waals surface area contributed by atoms with Gasteiger partial charge in [0.15, 0.2) is 0 Å². The lowest BCUT2D eigenvalue weighted by molar-refractivity contribution is -0.142. The third-order valence-corrected chi connectivity index (χ3v) is 4.80. The quantitative estimate of drug-likeness (QED) is 0.884. The molecule has 0 aromatic heterocycles. The number of hydrogen-bond acceptors (Lipinski definition) is 2. The highest BCUT2D eigenvalue weighted by molar-refractivity contribution is 9.10. The molecule has 3 atom stereocenters. The van der Waals surface area contributed by atoms with Gasteiger partial charge < -0.3 is 10.0 Å². The number of nitrogens with zero attached hydrogens (tertiary/aromatic N) is 1. The van der Waals surface area contributed by atoms with Crippen LogP contribution in [0.2, 0.25) is 0 Å². The van der Waals surface area contributed by atoms with Crippen molar-refractivity contribution in [3.05, 3.63) is 34.1 Å². The molecular formula is C16H19BrFNO3. The molecule has 1 fully saturated rings. The first-order chi connectivity index (χ1) is 10.3. The van der Waals surface area contributed by atoms with Gasteiger partial charge in [0.25, 0.3) is 0 Å². The maximum absolute atomic E-state index is 13.2. The molecule has 1 aromatic carbocycles. The molecule has 1 aliphatic rings. The second-order valence-electron chi connectivity index (χ2n) is 6.02. The summed E-state index contributed by atoms with van der Waals surface area (Å²) in [4.78, 5) is 25.2. The van der Waals surface area contributed by atoms with Crippen LogP contribution in [0.4, 0.5) is 4.39 Å². The van der Waals surface area contributed by atoms with Gasteiger partial charge in [-0.2, -0.15) is 0 Å². The van der Waals surface area contributed by atoms with Crippen LogP contribution in [0.5, 0.6) is 0 Å². The number of carboxylic acid groups (broad SMARTS) is 1. The highest BCUT2D eigenvalue weighted by Gasteiger charge is 2.37. The van der Waals surface area contributed by atoms with Crippen LogP contribution in [0.3, 0.4) is 0 Å². The van der Waals surface area contributed by atoms with Crippen LogP contribution in [0.25, 0.3) is 0 Å². The zero-order valence-corrected chi connectivity index (χ0v) is 14.1. The molecule has 4 nitrogen and oxygen atoms in total. The van der Waals surface area contributed by atoms with E-state index in [1.54, 1.807) is 17.0 Å². The van der Waals surface area contributed by atoms with Crippen LogP contribution in [0, 0.1) is 23.6 Å². The zero-order chi connectivity index (χ0) is 16.4. The molecule has 1 N–H and O–H groups in total. The first-order valence-electron chi connectivity index (χ1n) is 7.25. The summed E-state index contributed by atoms with van der Waals surface area (Å²) in [5.41, 5.74) is 0.871. The van der Waals surface area contributed by atoms with Crippen molar-refractivity contribution in [3.63, 3.8) is 0 Å². The van der Waals surface area contributed by atoms with Gasteiger partial charge in [0.05, 0.1) is 10.4 Å². The molecule has 1 saturated heterocycles. The van der Waals surface area contributed by atoms with Gasteiger partial charge in [0.2, 0.25) is 5.91 Å². The van der Waals surface area contributed by atoms with E-state index in [4.69, 9.17) is 5.11 Å². The predicted molar refractivity (Wildman–Crippen MR) is 83.8 cm³/mol. The highest BCUT2D eigenvalue weighted by atomic mass is 79.9. The van der Waals surface area contributed by atoms with Crippen molar-refractivity contribution in [1.29, 1.82) is 0 Å². The highest BCUT2D eigenvalue weighted by Crippen LogP contribution is 2.26. The van der Waals surface area contributed by atoms with Gasteiger partial charge in [-0.15, -0.1) is 0 Å². The van der Waals surface area contributed by atoms with E-state index >= 15 is 0 Å². The van der Waals surface area contributed by atoms with Gasteiger partial charge in [0, 0.05) is 19.0 Å². The van der Waals surface area contributed by atoms with Crippen molar-refractivity contribution in [2.24, 2.45) is 17.8 Å². The number of hydrogen-bond donors (Lipinski definition) is 1. The number of aliphatic carboxylic acids is 1. The molecule has 1 heterocycles. The number of carbonyl (C=O) groups is 2. The minimum Gasteiger partial charge on any atom is -0.481 e. The molecule has 0 spiro atoms. The average molecular weight is 372 g/mol. The van der Waals surface area contributed by atoms with Gasteiger partial charge in [-0.1, -0.05) is 19.9 Å². The largest absolute Gasteiger partial charge is 0.481 e. The Hall–Kier alpha value is -1.43. The monoisotopic (exact) mass is 371 g/mol. The molecule has 0 bridgehead atoms. The van der Waals surface area contributed by atoms with Crippen LogP contribution in [0.15, 0.2) is 22.7 Å². The van der Waals surface area contributed by atoms with E-state index in [1.807, 2.05) is 13.8 Å². The van der Waals surface area contributed by atoms with Crippen LogP contribution in [-0.2, 0) is 16.0 Å². The predicted octanol–water partition coefficient (Wildman–Crippen LogP) is 2.95. The number of benzene rings is 1. The summed E-state index contributed by atoms with van der Waals surface area (Å²) < 4.78 is 13.6. The third kappa shape index (κ3) is 3.66. The molecule has 2 rings (SSSR count). The second kappa shape index (κ2) is 6.77. The molecular weight excluding hydrogens is 353 g/mol. The van der Waals surface area contributed by atoms with E-state index in [-0.39, 0.29) is 30.1 Å². The van der Waals surface area contributed by atoms with Crippen molar-refractivity contribution < 1.29 is 19.1 Å². The van der Waals surface area contributed by atoms with Gasteiger partial charge in [0.1, 0.15) is 5.82 Å². The third-order valence-electron chi connectivity index (χ3n) is 4.19. The molecule has 0 saturated carbocycles. The Morgan fingerprint density at radius 3 is 2.68 bits per heavy atom. The maximum Gasteiger partial charge on any atom is 0.308 e. The lowest BCUT2D eigenvalue weighted by Crippen LogP contribution is -2.35. The molecule has 1 aliphatic heterocycles. The van der Waals surface area contributed by atoms with Crippen LogP contribution >= 0.6 is 15.9 Å². The number of carboxylic acids is 1. The lowest BCUT2D eigenvalue weighted by atomic mass is 9.99. The Labute approximate surface area is 137 Å². The van der Waals surface area contributed by atoms with E-state index in [1.165, 1.54) is 6.07 Å². The van der Waals surface area contributed by atoms with E-state index in [0.29, 0.717) is 17.4 Å². The Bertz CT molecular complexity index is 593. The fraction of sp³-hybridized carbons (Fsp3) is 0.500. The Balaban J connectivity index is 2.00. The first-order valence-corrected chi connectivity index (χ1v) is 8.04. The van der Waals surface area contributed by atoms with Crippen LogP contribution in [0.1, 0.15) is 19.4 Å². The fourth-order valence-electron chi connectivity index (χ4n) is 2.89. The number of rotatable bonds is 4. The summed E-state index contributed by atoms with van der Waals surface area (Å²) >= 11 is 3.14. The van der Waals surface area contributed by atoms with Gasteiger partial charge in [-0.25, -0.2) is 4.39 Å². The lowest BCUT2D eigenvalue weighted by Gasteiger charge is -2.21. The SMILES string of the molecule is CC(Cc1ccc(F)c(Br)c1)C(=O)N1C[C@@H](C)[C@H](C(=O)O)C1. The molecule has 1 amide bonds.